The lowest BCUT2D eigenvalue weighted by molar-refractivity contribution is 0.0682. The standard InChI is InChI=1S/C14H21ClO2/c1-14(2,16)9-5-4-6-11-7-8-12(17-3)10-13(11)15/h7-8,10,16H,4-6,9H2,1-3H3. The van der Waals surface area contributed by atoms with Gasteiger partial charge < -0.3 is 9.84 Å². The van der Waals surface area contributed by atoms with Gasteiger partial charge in [0, 0.05) is 5.02 Å². The number of rotatable bonds is 6. The van der Waals surface area contributed by atoms with E-state index in [2.05, 4.69) is 0 Å². The molecule has 0 aliphatic rings. The van der Waals surface area contributed by atoms with Crippen molar-refractivity contribution in [1.82, 2.24) is 0 Å². The Hall–Kier alpha value is -0.730. The van der Waals surface area contributed by atoms with E-state index >= 15 is 0 Å². The van der Waals surface area contributed by atoms with Crippen LogP contribution in [0.25, 0.3) is 0 Å². The highest BCUT2D eigenvalue weighted by Crippen LogP contribution is 2.24. The molecule has 0 bridgehead atoms. The molecule has 0 aromatic heterocycles. The minimum Gasteiger partial charge on any atom is -0.497 e. The van der Waals surface area contributed by atoms with E-state index in [-0.39, 0.29) is 0 Å². The van der Waals surface area contributed by atoms with E-state index in [1.165, 1.54) is 0 Å². The molecule has 0 unspecified atom stereocenters. The molecule has 0 saturated carbocycles. The Morgan fingerprint density at radius 3 is 2.53 bits per heavy atom. The molecular weight excluding hydrogens is 236 g/mol. The molecule has 96 valence electrons. The highest BCUT2D eigenvalue weighted by molar-refractivity contribution is 6.31. The van der Waals surface area contributed by atoms with Crippen LogP contribution >= 0.6 is 11.6 Å². The SMILES string of the molecule is COc1ccc(CCCCC(C)(C)O)c(Cl)c1. The van der Waals surface area contributed by atoms with Crippen molar-refractivity contribution in [3.8, 4) is 5.75 Å². The molecule has 17 heavy (non-hydrogen) atoms. The average molecular weight is 257 g/mol. The van der Waals surface area contributed by atoms with Crippen molar-refractivity contribution < 1.29 is 9.84 Å². The van der Waals surface area contributed by atoms with Gasteiger partial charge >= 0.3 is 0 Å². The predicted molar refractivity (Wildman–Crippen MR) is 71.9 cm³/mol. The maximum Gasteiger partial charge on any atom is 0.120 e. The van der Waals surface area contributed by atoms with Crippen LogP contribution < -0.4 is 4.74 Å². The summed E-state index contributed by atoms with van der Waals surface area (Å²) in [6, 6.07) is 5.77. The van der Waals surface area contributed by atoms with Crippen LogP contribution in [0.3, 0.4) is 0 Å². The number of hydrogen-bond donors (Lipinski definition) is 1. The molecule has 0 aliphatic heterocycles. The number of unbranched alkanes of at least 4 members (excludes halogenated alkanes) is 1. The van der Waals surface area contributed by atoms with Crippen LogP contribution in [0.1, 0.15) is 38.7 Å². The Morgan fingerprint density at radius 1 is 1.29 bits per heavy atom. The first-order valence-corrected chi connectivity index (χ1v) is 6.35. The topological polar surface area (TPSA) is 29.5 Å². The van der Waals surface area contributed by atoms with Crippen LogP contribution in [-0.2, 0) is 6.42 Å². The molecule has 0 aliphatic carbocycles. The maximum atomic E-state index is 9.60. The van der Waals surface area contributed by atoms with Gasteiger partial charge in [-0.3, -0.25) is 0 Å². The summed E-state index contributed by atoms with van der Waals surface area (Å²) >= 11 is 6.15. The molecule has 1 aromatic rings. The summed E-state index contributed by atoms with van der Waals surface area (Å²) in [5.74, 6) is 0.787. The third-order valence-electron chi connectivity index (χ3n) is 2.74. The smallest absolute Gasteiger partial charge is 0.120 e. The Labute approximate surface area is 109 Å². The van der Waals surface area contributed by atoms with Crippen LogP contribution in [-0.4, -0.2) is 17.8 Å². The van der Waals surface area contributed by atoms with E-state index < -0.39 is 5.60 Å². The fraction of sp³-hybridized carbons (Fsp3) is 0.571. The maximum absolute atomic E-state index is 9.60. The van der Waals surface area contributed by atoms with Crippen molar-refractivity contribution in [2.75, 3.05) is 7.11 Å². The highest BCUT2D eigenvalue weighted by Gasteiger charge is 2.11. The molecule has 1 aromatic carbocycles. The average Bonchev–Trinajstić information content (AvgIpc) is 2.24. The van der Waals surface area contributed by atoms with E-state index in [4.69, 9.17) is 16.3 Å². The molecule has 1 N–H and O–H groups in total. The van der Waals surface area contributed by atoms with Gasteiger partial charge in [0.2, 0.25) is 0 Å². The summed E-state index contributed by atoms with van der Waals surface area (Å²) < 4.78 is 5.10. The molecule has 0 atom stereocenters. The summed E-state index contributed by atoms with van der Waals surface area (Å²) in [5.41, 5.74) is 0.576. The van der Waals surface area contributed by atoms with E-state index in [1.807, 2.05) is 32.0 Å². The van der Waals surface area contributed by atoms with Crippen molar-refractivity contribution >= 4 is 11.6 Å². The lowest BCUT2D eigenvalue weighted by Gasteiger charge is -2.16. The number of ether oxygens (including phenoxy) is 1. The first-order chi connectivity index (χ1) is 7.92. The largest absolute Gasteiger partial charge is 0.497 e. The molecule has 0 heterocycles. The molecule has 2 nitrogen and oxygen atoms in total. The number of benzene rings is 1. The molecule has 0 fully saturated rings. The van der Waals surface area contributed by atoms with E-state index in [1.54, 1.807) is 7.11 Å². The fourth-order valence-electron chi connectivity index (χ4n) is 1.73. The van der Waals surface area contributed by atoms with Gasteiger partial charge in [-0.1, -0.05) is 24.1 Å². The fourth-order valence-corrected chi connectivity index (χ4v) is 2.00. The second-order valence-electron chi connectivity index (χ2n) is 4.98. The Bertz CT molecular complexity index is 356. The van der Waals surface area contributed by atoms with Crippen LogP contribution in [0.5, 0.6) is 5.75 Å². The lowest BCUT2D eigenvalue weighted by Crippen LogP contribution is -2.17. The third kappa shape index (κ3) is 5.42. The third-order valence-corrected chi connectivity index (χ3v) is 3.10. The van der Waals surface area contributed by atoms with Crippen molar-refractivity contribution in [3.05, 3.63) is 28.8 Å². The number of hydrogen-bond acceptors (Lipinski definition) is 2. The van der Waals surface area contributed by atoms with Crippen molar-refractivity contribution in [2.45, 2.75) is 45.1 Å². The molecule has 0 amide bonds. The summed E-state index contributed by atoms with van der Waals surface area (Å²) in [6.07, 6.45) is 3.81. The van der Waals surface area contributed by atoms with E-state index in [0.717, 1.165) is 42.0 Å². The lowest BCUT2D eigenvalue weighted by atomic mass is 9.99. The second kappa shape index (κ2) is 6.27. The Morgan fingerprint density at radius 2 is 2.00 bits per heavy atom. The van der Waals surface area contributed by atoms with Gasteiger partial charge in [0.1, 0.15) is 5.75 Å². The zero-order valence-corrected chi connectivity index (χ0v) is 11.5. The normalized spacial score (nSPS) is 11.6. The summed E-state index contributed by atoms with van der Waals surface area (Å²) in [5, 5.41) is 10.4. The minimum absolute atomic E-state index is 0.566. The van der Waals surface area contributed by atoms with Crippen LogP contribution in [0.15, 0.2) is 18.2 Å². The summed E-state index contributed by atoms with van der Waals surface area (Å²) in [4.78, 5) is 0. The summed E-state index contributed by atoms with van der Waals surface area (Å²) in [6.45, 7) is 3.68. The first-order valence-electron chi connectivity index (χ1n) is 5.97. The Balaban J connectivity index is 2.42. The number of aryl methyl sites for hydroxylation is 1. The van der Waals surface area contributed by atoms with E-state index in [9.17, 15) is 5.11 Å². The highest BCUT2D eigenvalue weighted by atomic mass is 35.5. The van der Waals surface area contributed by atoms with Crippen LogP contribution in [0.4, 0.5) is 0 Å². The summed E-state index contributed by atoms with van der Waals surface area (Å²) in [7, 11) is 1.63. The molecule has 0 saturated heterocycles. The van der Waals surface area contributed by atoms with Gasteiger partial charge in [-0.15, -0.1) is 0 Å². The Kier molecular flexibility index (Phi) is 5.29. The van der Waals surface area contributed by atoms with Gasteiger partial charge in [0.05, 0.1) is 12.7 Å². The minimum atomic E-state index is -0.566. The molecule has 3 heteroatoms. The first kappa shape index (κ1) is 14.3. The molecule has 0 radical (unpaired) electrons. The number of halogens is 1. The van der Waals surface area contributed by atoms with Crippen molar-refractivity contribution in [2.24, 2.45) is 0 Å². The van der Waals surface area contributed by atoms with Gasteiger partial charge in [-0.05, 0) is 50.8 Å². The van der Waals surface area contributed by atoms with Crippen LogP contribution in [0.2, 0.25) is 5.02 Å². The van der Waals surface area contributed by atoms with Crippen molar-refractivity contribution in [3.63, 3.8) is 0 Å². The predicted octanol–water partition coefficient (Wildman–Crippen LogP) is 3.83. The zero-order chi connectivity index (χ0) is 12.9. The molecule has 1 rings (SSSR count). The molecular formula is C14H21ClO2. The quantitative estimate of drug-likeness (QED) is 0.784. The van der Waals surface area contributed by atoms with Gasteiger partial charge in [-0.25, -0.2) is 0 Å². The van der Waals surface area contributed by atoms with E-state index in [0.29, 0.717) is 0 Å². The van der Waals surface area contributed by atoms with Gasteiger partial charge in [0.25, 0.3) is 0 Å². The number of methoxy groups -OCH3 is 1. The van der Waals surface area contributed by atoms with Crippen molar-refractivity contribution in [1.29, 1.82) is 0 Å². The van der Waals surface area contributed by atoms with Gasteiger partial charge in [-0.2, -0.15) is 0 Å². The molecule has 0 spiro atoms. The monoisotopic (exact) mass is 256 g/mol. The van der Waals surface area contributed by atoms with Crippen LogP contribution in [0, 0.1) is 0 Å². The van der Waals surface area contributed by atoms with Gasteiger partial charge in [0.15, 0.2) is 0 Å². The number of aliphatic hydroxyl groups is 1. The zero-order valence-electron chi connectivity index (χ0n) is 10.8. The second-order valence-corrected chi connectivity index (χ2v) is 5.38.